The zero-order chi connectivity index (χ0) is 10.4. The summed E-state index contributed by atoms with van der Waals surface area (Å²) in [5.74, 6) is -0.545. The van der Waals surface area contributed by atoms with E-state index >= 15 is 0 Å². The van der Waals surface area contributed by atoms with E-state index in [1.54, 1.807) is 7.11 Å². The monoisotopic (exact) mass is 189 g/mol. The smallest absolute Gasteiger partial charge is 0.200 e. The summed E-state index contributed by atoms with van der Waals surface area (Å²) < 4.78 is 4.99. The standard InChI is InChI=1S/C10H12BNO2/c1-14-7-9(12-10(11)13)8-5-3-2-4-6-8/h2-6,9H,7H2,1H3,(H,12,13)/t9-/m1/s1. The van der Waals surface area contributed by atoms with Crippen LogP contribution in [0.4, 0.5) is 4.79 Å². The molecule has 1 N–H and O–H groups in total. The molecule has 1 aromatic carbocycles. The fourth-order valence-corrected chi connectivity index (χ4v) is 1.24. The summed E-state index contributed by atoms with van der Waals surface area (Å²) in [6.07, 6.45) is 0. The molecule has 0 aliphatic rings. The van der Waals surface area contributed by atoms with Gasteiger partial charge in [-0.15, -0.1) is 0 Å². The van der Waals surface area contributed by atoms with Gasteiger partial charge in [-0.3, -0.25) is 4.79 Å². The average Bonchev–Trinajstić information content (AvgIpc) is 2.18. The van der Waals surface area contributed by atoms with Crippen molar-refractivity contribution in [2.24, 2.45) is 0 Å². The fourth-order valence-electron chi connectivity index (χ4n) is 1.24. The van der Waals surface area contributed by atoms with Crippen LogP contribution in [0.2, 0.25) is 0 Å². The Kier molecular flexibility index (Phi) is 4.20. The van der Waals surface area contributed by atoms with Crippen molar-refractivity contribution in [3.8, 4) is 0 Å². The van der Waals surface area contributed by atoms with E-state index < -0.39 is 5.81 Å². The van der Waals surface area contributed by atoms with Crippen LogP contribution in [0.3, 0.4) is 0 Å². The van der Waals surface area contributed by atoms with Crippen LogP contribution in [0.15, 0.2) is 30.3 Å². The van der Waals surface area contributed by atoms with Gasteiger partial charge in [-0.1, -0.05) is 30.3 Å². The van der Waals surface area contributed by atoms with Crippen LogP contribution in [0, 0.1) is 0 Å². The zero-order valence-electron chi connectivity index (χ0n) is 8.07. The third kappa shape index (κ3) is 3.22. The maximum Gasteiger partial charge on any atom is 0.200 e. The first-order valence-electron chi connectivity index (χ1n) is 4.34. The molecule has 0 aliphatic heterocycles. The largest absolute Gasteiger partial charge is 0.382 e. The summed E-state index contributed by atoms with van der Waals surface area (Å²) >= 11 is 0. The molecule has 0 fully saturated rings. The van der Waals surface area contributed by atoms with Crippen molar-refractivity contribution in [3.63, 3.8) is 0 Å². The van der Waals surface area contributed by atoms with Gasteiger partial charge >= 0.3 is 0 Å². The maximum atomic E-state index is 10.7. The quantitative estimate of drug-likeness (QED) is 0.723. The van der Waals surface area contributed by atoms with Crippen LogP contribution in [0.5, 0.6) is 0 Å². The van der Waals surface area contributed by atoms with Gasteiger partial charge in [0.2, 0.25) is 7.85 Å². The number of ether oxygens (including phenoxy) is 1. The lowest BCUT2D eigenvalue weighted by molar-refractivity contribution is 0.169. The van der Waals surface area contributed by atoms with Crippen LogP contribution >= 0.6 is 0 Å². The lowest BCUT2D eigenvalue weighted by Crippen LogP contribution is -2.30. The molecule has 1 atom stereocenters. The highest BCUT2D eigenvalue weighted by atomic mass is 16.5. The van der Waals surface area contributed by atoms with E-state index in [0.717, 1.165) is 5.56 Å². The van der Waals surface area contributed by atoms with Crippen molar-refractivity contribution in [1.82, 2.24) is 5.32 Å². The number of amides is 1. The van der Waals surface area contributed by atoms with Crippen LogP contribution in [-0.4, -0.2) is 27.4 Å². The van der Waals surface area contributed by atoms with Gasteiger partial charge in [0.05, 0.1) is 12.6 Å². The summed E-state index contributed by atoms with van der Waals surface area (Å²) in [7, 11) is 6.64. The Balaban J connectivity index is 2.72. The Labute approximate surface area is 84.9 Å². The van der Waals surface area contributed by atoms with Crippen LogP contribution in [0.1, 0.15) is 11.6 Å². The van der Waals surface area contributed by atoms with Crippen molar-refractivity contribution >= 4 is 13.7 Å². The van der Waals surface area contributed by atoms with Crippen molar-refractivity contribution in [1.29, 1.82) is 0 Å². The van der Waals surface area contributed by atoms with Crippen LogP contribution in [0.25, 0.3) is 0 Å². The first-order valence-corrected chi connectivity index (χ1v) is 4.34. The van der Waals surface area contributed by atoms with Gasteiger partial charge in [0.15, 0.2) is 5.81 Å². The fraction of sp³-hybridized carbons (Fsp3) is 0.300. The first-order chi connectivity index (χ1) is 6.74. The number of hydrogen-bond donors (Lipinski definition) is 1. The molecule has 1 amide bonds. The summed E-state index contributed by atoms with van der Waals surface area (Å²) in [5, 5.41) is 2.61. The molecule has 0 heterocycles. The number of nitrogens with one attached hydrogen (secondary N) is 1. The van der Waals surface area contributed by atoms with Gasteiger partial charge in [0.25, 0.3) is 0 Å². The van der Waals surface area contributed by atoms with E-state index in [1.165, 1.54) is 0 Å². The number of carbonyl (C=O) groups excluding carboxylic acids is 1. The van der Waals surface area contributed by atoms with Crippen molar-refractivity contribution in [2.45, 2.75) is 6.04 Å². The molecule has 1 aromatic rings. The molecule has 0 aromatic heterocycles. The molecule has 0 bridgehead atoms. The Morgan fingerprint density at radius 3 is 2.64 bits per heavy atom. The average molecular weight is 189 g/mol. The number of rotatable bonds is 4. The molecule has 0 unspecified atom stereocenters. The summed E-state index contributed by atoms with van der Waals surface area (Å²) in [6.45, 7) is 0.410. The van der Waals surface area contributed by atoms with E-state index in [1.807, 2.05) is 30.3 Å². The molecule has 0 saturated heterocycles. The molecule has 0 spiro atoms. The number of benzene rings is 1. The third-order valence-corrected chi connectivity index (χ3v) is 1.85. The molecule has 3 nitrogen and oxygen atoms in total. The second-order valence-corrected chi connectivity index (χ2v) is 2.93. The zero-order valence-corrected chi connectivity index (χ0v) is 8.07. The highest BCUT2D eigenvalue weighted by Gasteiger charge is 2.10. The van der Waals surface area contributed by atoms with E-state index in [4.69, 9.17) is 12.6 Å². The minimum atomic E-state index is -0.545. The van der Waals surface area contributed by atoms with E-state index in [9.17, 15) is 4.79 Å². The Morgan fingerprint density at radius 1 is 1.50 bits per heavy atom. The van der Waals surface area contributed by atoms with Crippen molar-refractivity contribution < 1.29 is 9.53 Å². The van der Waals surface area contributed by atoms with Crippen LogP contribution < -0.4 is 5.32 Å². The number of hydrogen-bond acceptors (Lipinski definition) is 2. The topological polar surface area (TPSA) is 38.3 Å². The van der Waals surface area contributed by atoms with Gasteiger partial charge < -0.3 is 10.1 Å². The third-order valence-electron chi connectivity index (χ3n) is 1.85. The SMILES string of the molecule is [B]C(=O)N[C@H](COC)c1ccccc1. The Hall–Kier alpha value is -1.29. The van der Waals surface area contributed by atoms with Crippen molar-refractivity contribution in [2.75, 3.05) is 13.7 Å². The molecular formula is C10H12BNO2. The van der Waals surface area contributed by atoms with E-state index in [0.29, 0.717) is 6.61 Å². The molecule has 1 rings (SSSR count). The minimum Gasteiger partial charge on any atom is -0.382 e. The molecule has 14 heavy (non-hydrogen) atoms. The lowest BCUT2D eigenvalue weighted by atomic mass is 10.0. The summed E-state index contributed by atoms with van der Waals surface area (Å²) in [4.78, 5) is 10.7. The Bertz CT molecular complexity index is 289. The van der Waals surface area contributed by atoms with Gasteiger partial charge in [-0.2, -0.15) is 0 Å². The molecule has 2 radical (unpaired) electrons. The molecule has 4 heteroatoms. The van der Waals surface area contributed by atoms with E-state index in [2.05, 4.69) is 5.32 Å². The van der Waals surface area contributed by atoms with E-state index in [-0.39, 0.29) is 6.04 Å². The highest BCUT2D eigenvalue weighted by Crippen LogP contribution is 2.12. The number of carbonyl (C=O) groups is 1. The molecule has 72 valence electrons. The number of methoxy groups -OCH3 is 1. The van der Waals surface area contributed by atoms with Gasteiger partial charge in [0.1, 0.15) is 0 Å². The second-order valence-electron chi connectivity index (χ2n) is 2.93. The lowest BCUT2D eigenvalue weighted by Gasteiger charge is -2.17. The predicted octanol–water partition coefficient (Wildman–Crippen LogP) is 1.25. The highest BCUT2D eigenvalue weighted by molar-refractivity contribution is 6.57. The first kappa shape index (κ1) is 10.8. The molecule has 0 saturated carbocycles. The normalized spacial score (nSPS) is 12.1. The van der Waals surface area contributed by atoms with Gasteiger partial charge in [-0.05, 0) is 5.56 Å². The minimum absolute atomic E-state index is 0.182. The maximum absolute atomic E-state index is 10.7. The second kappa shape index (κ2) is 5.45. The van der Waals surface area contributed by atoms with Crippen LogP contribution in [-0.2, 0) is 4.74 Å². The summed E-state index contributed by atoms with van der Waals surface area (Å²) in [6, 6.07) is 9.37. The summed E-state index contributed by atoms with van der Waals surface area (Å²) in [5.41, 5.74) is 0.980. The predicted molar refractivity (Wildman–Crippen MR) is 55.3 cm³/mol. The van der Waals surface area contributed by atoms with Gasteiger partial charge in [0, 0.05) is 7.11 Å². The van der Waals surface area contributed by atoms with Gasteiger partial charge in [-0.25, -0.2) is 0 Å². The Morgan fingerprint density at radius 2 is 2.14 bits per heavy atom. The van der Waals surface area contributed by atoms with Crippen molar-refractivity contribution in [3.05, 3.63) is 35.9 Å². The molecular weight excluding hydrogens is 177 g/mol. The molecule has 0 aliphatic carbocycles.